The Bertz CT molecular complexity index is 694. The summed E-state index contributed by atoms with van der Waals surface area (Å²) in [5.41, 5.74) is 0. The Hall–Kier alpha value is -0.870. The van der Waals surface area contributed by atoms with E-state index in [1.54, 1.807) is 24.3 Å². The lowest BCUT2D eigenvalue weighted by atomic mass is 10.1. The van der Waals surface area contributed by atoms with E-state index in [9.17, 15) is 8.42 Å². The predicted molar refractivity (Wildman–Crippen MR) is 139 cm³/mol. The van der Waals surface area contributed by atoms with Gasteiger partial charge in [0.05, 0.1) is 10.6 Å². The molecule has 0 saturated carbocycles. The minimum atomic E-state index is -3.34. The molecule has 1 rings (SSSR count). The molecule has 8 heteroatoms. The third kappa shape index (κ3) is 10.9. The number of hydrogen-bond donors (Lipinski definition) is 2. The molecule has 0 bridgehead atoms. The van der Waals surface area contributed by atoms with E-state index >= 15 is 0 Å². The van der Waals surface area contributed by atoms with Crippen LogP contribution < -0.4 is 10.6 Å². The maximum absolute atomic E-state index is 12.7. The predicted octanol–water partition coefficient (Wildman–Crippen LogP) is 3.92. The fraction of sp³-hybridized carbons (Fsp3) is 0.682. The summed E-state index contributed by atoms with van der Waals surface area (Å²) in [6.07, 6.45) is 2.86. The summed E-state index contributed by atoms with van der Waals surface area (Å²) in [6.45, 7) is 14.4. The van der Waals surface area contributed by atoms with Crippen LogP contribution in [0.25, 0.3) is 0 Å². The monoisotopic (exact) mass is 552 g/mol. The van der Waals surface area contributed by atoms with E-state index in [-0.39, 0.29) is 41.8 Å². The van der Waals surface area contributed by atoms with Gasteiger partial charge in [-0.25, -0.2) is 8.42 Å². The van der Waals surface area contributed by atoms with Crippen molar-refractivity contribution in [3.63, 3.8) is 0 Å². The van der Waals surface area contributed by atoms with Gasteiger partial charge in [0.15, 0.2) is 15.8 Å². The molecule has 0 aliphatic carbocycles. The average Bonchev–Trinajstić information content (AvgIpc) is 2.71. The third-order valence-corrected chi connectivity index (χ3v) is 6.89. The largest absolute Gasteiger partial charge is 0.354 e. The third-order valence-electron chi connectivity index (χ3n) is 5.06. The zero-order valence-corrected chi connectivity index (χ0v) is 22.4. The highest BCUT2D eigenvalue weighted by molar-refractivity contribution is 14.0. The molecular weight excluding hydrogens is 511 g/mol. The summed E-state index contributed by atoms with van der Waals surface area (Å²) in [6, 6.07) is 8.72. The van der Waals surface area contributed by atoms with Crippen LogP contribution in [0.2, 0.25) is 0 Å². The van der Waals surface area contributed by atoms with Crippen molar-refractivity contribution in [3.05, 3.63) is 30.3 Å². The van der Waals surface area contributed by atoms with Crippen LogP contribution in [-0.2, 0) is 9.84 Å². The lowest BCUT2D eigenvalue weighted by Crippen LogP contribution is -2.48. The van der Waals surface area contributed by atoms with Crippen molar-refractivity contribution in [2.24, 2.45) is 4.99 Å². The van der Waals surface area contributed by atoms with Gasteiger partial charge < -0.3 is 15.5 Å². The zero-order valence-electron chi connectivity index (χ0n) is 19.2. The van der Waals surface area contributed by atoms with Gasteiger partial charge in [0.1, 0.15) is 0 Å². The molecule has 0 amide bonds. The van der Waals surface area contributed by atoms with Gasteiger partial charge in [0.25, 0.3) is 0 Å². The topological polar surface area (TPSA) is 73.8 Å². The molecule has 0 aromatic heterocycles. The summed E-state index contributed by atoms with van der Waals surface area (Å²) in [7, 11) is -3.34. The van der Waals surface area contributed by atoms with Gasteiger partial charge in [0.2, 0.25) is 0 Å². The van der Waals surface area contributed by atoms with Crippen LogP contribution in [0, 0.1) is 0 Å². The number of benzene rings is 1. The molecule has 0 saturated heterocycles. The van der Waals surface area contributed by atoms with Crippen molar-refractivity contribution in [2.75, 3.05) is 31.9 Å². The first-order valence-corrected chi connectivity index (χ1v) is 12.6. The first-order valence-electron chi connectivity index (χ1n) is 10.9. The van der Waals surface area contributed by atoms with Gasteiger partial charge in [-0.3, -0.25) is 4.99 Å². The van der Waals surface area contributed by atoms with Crippen LogP contribution >= 0.6 is 24.0 Å². The Morgan fingerprint density at radius 2 is 1.70 bits per heavy atom. The number of guanidine groups is 1. The summed E-state index contributed by atoms with van der Waals surface area (Å²) in [4.78, 5) is 7.31. The van der Waals surface area contributed by atoms with Crippen LogP contribution in [-0.4, -0.2) is 63.3 Å². The average molecular weight is 553 g/mol. The Labute approximate surface area is 201 Å². The number of nitrogens with one attached hydrogen (secondary N) is 2. The molecule has 2 N–H and O–H groups in total. The van der Waals surface area contributed by atoms with Crippen molar-refractivity contribution < 1.29 is 8.42 Å². The highest BCUT2D eigenvalue weighted by Crippen LogP contribution is 2.12. The van der Waals surface area contributed by atoms with Crippen LogP contribution in [0.4, 0.5) is 0 Å². The molecule has 0 radical (unpaired) electrons. The number of aliphatic imine (C=N–C) groups is 1. The molecule has 2 unspecified atom stereocenters. The van der Waals surface area contributed by atoms with Crippen molar-refractivity contribution in [2.45, 2.75) is 70.9 Å². The fourth-order valence-electron chi connectivity index (χ4n) is 3.20. The lowest BCUT2D eigenvalue weighted by molar-refractivity contribution is 0.292. The second-order valence-electron chi connectivity index (χ2n) is 7.38. The summed E-state index contributed by atoms with van der Waals surface area (Å²) in [5, 5.41) is 6.78. The molecule has 1 aromatic rings. The van der Waals surface area contributed by atoms with Gasteiger partial charge in [-0.05, 0) is 64.9 Å². The molecule has 0 fully saturated rings. The van der Waals surface area contributed by atoms with Gasteiger partial charge in [0, 0.05) is 18.6 Å². The van der Waals surface area contributed by atoms with Crippen LogP contribution in [0.15, 0.2) is 40.2 Å². The van der Waals surface area contributed by atoms with Gasteiger partial charge in [-0.1, -0.05) is 39.0 Å². The van der Waals surface area contributed by atoms with Crippen molar-refractivity contribution >= 4 is 39.8 Å². The van der Waals surface area contributed by atoms with E-state index in [0.717, 1.165) is 32.5 Å². The molecule has 0 aliphatic rings. The minimum Gasteiger partial charge on any atom is -0.354 e. The maximum atomic E-state index is 12.7. The number of nitrogens with zero attached hydrogens (tertiary/aromatic N) is 2. The van der Waals surface area contributed by atoms with Crippen molar-refractivity contribution in [1.29, 1.82) is 0 Å². The SMILES string of the molecule is CCN=C(NC(C)CCCN(CC)CC)NC(CC)CS(=O)(=O)c1ccccc1.I. The first kappa shape index (κ1) is 29.1. The van der Waals surface area contributed by atoms with E-state index < -0.39 is 9.84 Å². The molecule has 6 nitrogen and oxygen atoms in total. The zero-order chi connectivity index (χ0) is 21.7. The molecule has 30 heavy (non-hydrogen) atoms. The van der Waals surface area contributed by atoms with Crippen molar-refractivity contribution in [1.82, 2.24) is 15.5 Å². The van der Waals surface area contributed by atoms with Gasteiger partial charge >= 0.3 is 0 Å². The number of sulfone groups is 1. The Kier molecular flexibility index (Phi) is 15.4. The second kappa shape index (κ2) is 15.9. The van der Waals surface area contributed by atoms with E-state index in [1.807, 2.05) is 19.9 Å². The quantitative estimate of drug-likeness (QED) is 0.221. The summed E-state index contributed by atoms with van der Waals surface area (Å²) >= 11 is 0. The second-order valence-corrected chi connectivity index (χ2v) is 9.42. The van der Waals surface area contributed by atoms with Crippen LogP contribution in [0.5, 0.6) is 0 Å². The minimum absolute atomic E-state index is 0. The standard InChI is InChI=1S/C22H40N4O2S.HI/c1-6-20(18-29(27,28)21-15-11-10-12-16-21)25-22(23-7-2)24-19(5)14-13-17-26(8-3)9-4;/h10-12,15-16,19-20H,6-9,13-14,17-18H2,1-5H3,(H2,23,24,25);1H. The molecule has 2 atom stereocenters. The fourth-order valence-corrected chi connectivity index (χ4v) is 4.81. The maximum Gasteiger partial charge on any atom is 0.191 e. The van der Waals surface area contributed by atoms with Crippen molar-refractivity contribution in [3.8, 4) is 0 Å². The number of rotatable bonds is 13. The molecular formula is C22H41IN4O2S. The van der Waals surface area contributed by atoms with Gasteiger partial charge in [-0.15, -0.1) is 24.0 Å². The number of halogens is 1. The number of hydrogen-bond acceptors (Lipinski definition) is 4. The van der Waals surface area contributed by atoms with Crippen LogP contribution in [0.3, 0.4) is 0 Å². The Balaban J connectivity index is 0.00000841. The highest BCUT2D eigenvalue weighted by Gasteiger charge is 2.21. The lowest BCUT2D eigenvalue weighted by Gasteiger charge is -2.24. The molecule has 0 spiro atoms. The van der Waals surface area contributed by atoms with E-state index in [2.05, 4.69) is 41.3 Å². The summed E-state index contributed by atoms with van der Waals surface area (Å²) < 4.78 is 25.4. The Morgan fingerprint density at radius 3 is 2.23 bits per heavy atom. The van der Waals surface area contributed by atoms with Gasteiger partial charge in [-0.2, -0.15) is 0 Å². The van der Waals surface area contributed by atoms with E-state index in [0.29, 0.717) is 23.8 Å². The van der Waals surface area contributed by atoms with Crippen LogP contribution in [0.1, 0.15) is 53.9 Å². The first-order chi connectivity index (χ1) is 13.9. The Morgan fingerprint density at radius 1 is 1.07 bits per heavy atom. The molecule has 0 aliphatic heterocycles. The summed E-state index contributed by atoms with van der Waals surface area (Å²) in [5.74, 6) is 0.742. The molecule has 0 heterocycles. The van der Waals surface area contributed by atoms with E-state index in [1.165, 1.54) is 0 Å². The molecule has 1 aromatic carbocycles. The van der Waals surface area contributed by atoms with E-state index in [4.69, 9.17) is 0 Å². The smallest absolute Gasteiger partial charge is 0.191 e. The highest BCUT2D eigenvalue weighted by atomic mass is 127. The molecule has 174 valence electrons. The normalized spacial score (nSPS) is 14.1.